The summed E-state index contributed by atoms with van der Waals surface area (Å²) in [7, 11) is 0. The van der Waals surface area contributed by atoms with E-state index in [1.165, 1.54) is 12.3 Å². The van der Waals surface area contributed by atoms with Gasteiger partial charge in [-0.3, -0.25) is 4.79 Å². The topological polar surface area (TPSA) is 52.2 Å². The maximum absolute atomic E-state index is 12.8. The molecule has 0 aliphatic rings. The van der Waals surface area contributed by atoms with Crippen LogP contribution in [0.25, 0.3) is 5.65 Å². The molecule has 0 saturated heterocycles. The molecule has 0 aromatic carbocycles. The molecule has 0 aliphatic carbocycles. The molecule has 0 unspecified atom stereocenters. The number of aromatic nitrogens is 4. The zero-order valence-electron chi connectivity index (χ0n) is 11.8. The predicted octanol–water partition coefficient (Wildman–Crippen LogP) is 2.92. The van der Waals surface area contributed by atoms with Gasteiger partial charge in [0.15, 0.2) is 5.69 Å². The lowest BCUT2D eigenvalue weighted by Crippen LogP contribution is -2.20. The number of hydrogen-bond acceptors (Lipinski definition) is 3. The molecule has 3 aromatic heterocycles. The molecule has 3 heterocycles. The Bertz CT molecular complexity index is 928. The fraction of sp³-hybridized carbons (Fsp3) is 0.214. The van der Waals surface area contributed by atoms with E-state index in [9.17, 15) is 18.0 Å². The molecule has 5 nitrogen and oxygen atoms in total. The Hall–Kier alpha value is -2.35. The second-order valence-electron chi connectivity index (χ2n) is 5.00. The van der Waals surface area contributed by atoms with Gasteiger partial charge in [-0.25, -0.2) is 4.98 Å². The first-order valence-electron chi connectivity index (χ1n) is 6.53. The van der Waals surface area contributed by atoms with E-state index >= 15 is 0 Å². The molecule has 0 spiro atoms. The van der Waals surface area contributed by atoms with Crippen LogP contribution in [0.5, 0.6) is 0 Å². The summed E-state index contributed by atoms with van der Waals surface area (Å²) in [6, 6.07) is 5.40. The average Bonchev–Trinajstić information content (AvgIpc) is 2.91. The lowest BCUT2D eigenvalue weighted by Gasteiger charge is -2.12. The summed E-state index contributed by atoms with van der Waals surface area (Å²) in [5, 5.41) is 3.68. The van der Waals surface area contributed by atoms with Crippen LogP contribution in [0.2, 0.25) is 5.15 Å². The molecule has 0 atom stereocenters. The number of rotatable bonds is 2. The summed E-state index contributed by atoms with van der Waals surface area (Å²) in [5.41, 5.74) is -0.400. The minimum atomic E-state index is -4.62. The highest BCUT2D eigenvalue weighted by Gasteiger charge is 2.34. The smallest absolute Gasteiger partial charge is 0.326 e. The number of alkyl halides is 3. The molecule has 3 rings (SSSR count). The molecular weight excluding hydrogens is 333 g/mol. The number of nitrogens with zero attached hydrogens (tertiary/aromatic N) is 4. The van der Waals surface area contributed by atoms with Gasteiger partial charge in [-0.15, -0.1) is 0 Å². The van der Waals surface area contributed by atoms with Crippen molar-refractivity contribution in [2.24, 2.45) is 0 Å². The lowest BCUT2D eigenvalue weighted by atomic mass is 10.2. The zero-order chi connectivity index (χ0) is 16.8. The Kier molecular flexibility index (Phi) is 3.63. The van der Waals surface area contributed by atoms with Crippen molar-refractivity contribution in [1.29, 1.82) is 0 Å². The third-order valence-electron chi connectivity index (χ3n) is 3.35. The second kappa shape index (κ2) is 5.38. The van der Waals surface area contributed by atoms with Crippen molar-refractivity contribution in [2.45, 2.75) is 19.6 Å². The number of aryl methyl sites for hydroxylation is 1. The van der Waals surface area contributed by atoms with Crippen molar-refractivity contribution in [3.05, 3.63) is 62.9 Å². The van der Waals surface area contributed by atoms with Crippen LogP contribution in [-0.4, -0.2) is 19.2 Å². The van der Waals surface area contributed by atoms with E-state index in [4.69, 9.17) is 11.6 Å². The van der Waals surface area contributed by atoms with Gasteiger partial charge in [0.05, 0.1) is 6.54 Å². The van der Waals surface area contributed by atoms with Crippen LogP contribution in [0.15, 0.2) is 35.3 Å². The zero-order valence-corrected chi connectivity index (χ0v) is 12.6. The van der Waals surface area contributed by atoms with Gasteiger partial charge in [0, 0.05) is 24.0 Å². The third kappa shape index (κ3) is 2.94. The largest absolute Gasteiger partial charge is 0.435 e. The van der Waals surface area contributed by atoms with Crippen molar-refractivity contribution in [3.8, 4) is 0 Å². The fourth-order valence-corrected chi connectivity index (χ4v) is 2.36. The van der Waals surface area contributed by atoms with Gasteiger partial charge in [0.2, 0.25) is 0 Å². The molecule has 0 bridgehead atoms. The van der Waals surface area contributed by atoms with Gasteiger partial charge in [0.25, 0.3) is 5.56 Å². The number of hydrogen-bond donors (Lipinski definition) is 0. The Morgan fingerprint density at radius 1 is 1.26 bits per heavy atom. The minimum absolute atomic E-state index is 0.0669. The predicted molar refractivity (Wildman–Crippen MR) is 77.5 cm³/mol. The molecule has 0 saturated carbocycles. The van der Waals surface area contributed by atoms with Crippen molar-refractivity contribution in [1.82, 2.24) is 19.2 Å². The second-order valence-corrected chi connectivity index (χ2v) is 5.38. The first-order valence-corrected chi connectivity index (χ1v) is 6.91. The van der Waals surface area contributed by atoms with Crippen molar-refractivity contribution in [3.63, 3.8) is 0 Å². The molecular formula is C14H10ClF3N4O. The van der Waals surface area contributed by atoms with Crippen molar-refractivity contribution >= 4 is 17.2 Å². The van der Waals surface area contributed by atoms with E-state index in [-0.39, 0.29) is 12.2 Å². The van der Waals surface area contributed by atoms with E-state index in [0.29, 0.717) is 10.8 Å². The van der Waals surface area contributed by atoms with E-state index in [1.54, 1.807) is 23.6 Å². The van der Waals surface area contributed by atoms with Gasteiger partial charge in [-0.2, -0.15) is 22.8 Å². The average molecular weight is 343 g/mol. The van der Waals surface area contributed by atoms with E-state index < -0.39 is 17.4 Å². The molecule has 120 valence electrons. The van der Waals surface area contributed by atoms with Crippen LogP contribution in [0.4, 0.5) is 13.2 Å². The Morgan fingerprint density at radius 2 is 2.00 bits per heavy atom. The highest BCUT2D eigenvalue weighted by molar-refractivity contribution is 6.29. The maximum Gasteiger partial charge on any atom is 0.435 e. The van der Waals surface area contributed by atoms with Crippen LogP contribution in [0.3, 0.4) is 0 Å². The summed E-state index contributed by atoms with van der Waals surface area (Å²) in [6.07, 6.45) is -3.09. The quantitative estimate of drug-likeness (QED) is 0.673. The number of halogens is 4. The van der Waals surface area contributed by atoms with Gasteiger partial charge in [-0.05, 0) is 18.6 Å². The maximum atomic E-state index is 12.8. The molecule has 9 heteroatoms. The SMILES string of the molecule is Cc1cc(=O)n2nc(C(F)(F)F)cc2n1Cc1ccc(Cl)nc1. The normalized spacial score (nSPS) is 12.0. The third-order valence-corrected chi connectivity index (χ3v) is 3.58. The van der Waals surface area contributed by atoms with Gasteiger partial charge in [-0.1, -0.05) is 17.7 Å². The van der Waals surface area contributed by atoms with Crippen LogP contribution < -0.4 is 5.56 Å². The van der Waals surface area contributed by atoms with Gasteiger partial charge >= 0.3 is 6.18 Å². The highest BCUT2D eigenvalue weighted by Crippen LogP contribution is 2.28. The molecule has 0 amide bonds. The number of fused-ring (bicyclic) bond motifs is 1. The van der Waals surface area contributed by atoms with Gasteiger partial charge in [0.1, 0.15) is 10.8 Å². The summed E-state index contributed by atoms with van der Waals surface area (Å²) >= 11 is 5.72. The van der Waals surface area contributed by atoms with Crippen LogP contribution in [-0.2, 0) is 12.7 Å². The summed E-state index contributed by atoms with van der Waals surface area (Å²) in [6.45, 7) is 1.88. The van der Waals surface area contributed by atoms with E-state index in [0.717, 1.165) is 16.1 Å². The molecule has 0 radical (unpaired) electrons. The van der Waals surface area contributed by atoms with E-state index in [1.807, 2.05) is 0 Å². The Balaban J connectivity index is 2.17. The summed E-state index contributed by atoms with van der Waals surface area (Å²) < 4.78 is 40.9. The highest BCUT2D eigenvalue weighted by atomic mass is 35.5. The van der Waals surface area contributed by atoms with E-state index in [2.05, 4.69) is 10.1 Å². The molecule has 0 N–H and O–H groups in total. The standard InChI is InChI=1S/C14H10ClF3N4O/c1-8-4-13(23)22-12(5-10(20-22)14(16,17)18)21(8)7-9-2-3-11(15)19-6-9/h2-6H,7H2,1H3. The van der Waals surface area contributed by atoms with Crippen molar-refractivity contribution < 1.29 is 13.2 Å². The Morgan fingerprint density at radius 3 is 2.61 bits per heavy atom. The first kappa shape index (κ1) is 15.5. The Labute approximate surface area is 133 Å². The van der Waals surface area contributed by atoms with Crippen LogP contribution >= 0.6 is 11.6 Å². The molecule has 0 aliphatic heterocycles. The molecule has 3 aromatic rings. The monoisotopic (exact) mass is 342 g/mol. The van der Waals surface area contributed by atoms with Gasteiger partial charge < -0.3 is 4.57 Å². The fourth-order valence-electron chi connectivity index (χ4n) is 2.25. The van der Waals surface area contributed by atoms with Crippen LogP contribution in [0, 0.1) is 6.92 Å². The van der Waals surface area contributed by atoms with Crippen molar-refractivity contribution in [2.75, 3.05) is 0 Å². The lowest BCUT2D eigenvalue weighted by molar-refractivity contribution is -0.141. The molecule has 0 fully saturated rings. The summed E-state index contributed by atoms with van der Waals surface area (Å²) in [5.74, 6) is 0. The minimum Gasteiger partial charge on any atom is -0.326 e. The summed E-state index contributed by atoms with van der Waals surface area (Å²) in [4.78, 5) is 15.8. The number of pyridine rings is 1. The first-order chi connectivity index (χ1) is 10.8. The molecule has 23 heavy (non-hydrogen) atoms. The van der Waals surface area contributed by atoms with Crippen LogP contribution in [0.1, 0.15) is 17.0 Å².